The molecule has 3 heterocycles. The second-order valence-corrected chi connectivity index (χ2v) is 5.89. The molecule has 0 radical (unpaired) electrons. The van der Waals surface area contributed by atoms with Crippen molar-refractivity contribution in [1.29, 1.82) is 0 Å². The molecule has 1 amide bonds. The molecule has 0 saturated carbocycles. The molecule has 7 nitrogen and oxygen atoms in total. The minimum atomic E-state index is -0.201. The first kappa shape index (κ1) is 14.5. The number of carbonyl (C=O) groups excluding carboxylic acids is 1. The van der Waals surface area contributed by atoms with E-state index in [1.165, 1.54) is 11.3 Å². The maximum Gasteiger partial charge on any atom is 0.247 e. The number of amides is 1. The van der Waals surface area contributed by atoms with E-state index in [2.05, 4.69) is 25.6 Å². The molecule has 0 unspecified atom stereocenters. The van der Waals surface area contributed by atoms with E-state index >= 15 is 0 Å². The highest BCUT2D eigenvalue weighted by atomic mass is 32.1. The zero-order valence-corrected chi connectivity index (χ0v) is 13.3. The van der Waals surface area contributed by atoms with Crippen LogP contribution >= 0.6 is 11.3 Å². The van der Waals surface area contributed by atoms with E-state index in [1.54, 1.807) is 10.9 Å². The van der Waals surface area contributed by atoms with E-state index in [9.17, 15) is 4.79 Å². The molecular formula is C16H12N6OS. The summed E-state index contributed by atoms with van der Waals surface area (Å²) in [6, 6.07) is 13.1. The number of benzene rings is 1. The highest BCUT2D eigenvalue weighted by Crippen LogP contribution is 2.23. The third-order valence-electron chi connectivity index (χ3n) is 3.39. The van der Waals surface area contributed by atoms with Gasteiger partial charge in [-0.2, -0.15) is 0 Å². The Kier molecular flexibility index (Phi) is 3.72. The topological polar surface area (TPSA) is 85.6 Å². The van der Waals surface area contributed by atoms with E-state index in [-0.39, 0.29) is 12.5 Å². The fourth-order valence-electron chi connectivity index (χ4n) is 2.29. The number of aromatic nitrogens is 5. The minimum Gasteiger partial charge on any atom is -0.300 e. The summed E-state index contributed by atoms with van der Waals surface area (Å²) in [5.74, 6) is -0.201. The molecule has 0 spiro atoms. The molecule has 0 aliphatic rings. The predicted octanol–water partition coefficient (Wildman–Crippen LogP) is 2.59. The first-order valence-corrected chi connectivity index (χ1v) is 8.12. The number of carbonyl (C=O) groups is 1. The third kappa shape index (κ3) is 2.86. The van der Waals surface area contributed by atoms with Crippen molar-refractivity contribution in [3.63, 3.8) is 0 Å². The number of pyridine rings is 1. The number of thiazole rings is 1. The van der Waals surface area contributed by atoms with Gasteiger partial charge in [-0.25, -0.2) is 9.67 Å². The second-order valence-electron chi connectivity index (χ2n) is 5.04. The fourth-order valence-corrected chi connectivity index (χ4v) is 3.01. The summed E-state index contributed by atoms with van der Waals surface area (Å²) >= 11 is 1.36. The van der Waals surface area contributed by atoms with Crippen LogP contribution in [-0.4, -0.2) is 30.9 Å². The lowest BCUT2D eigenvalue weighted by atomic mass is 10.3. The van der Waals surface area contributed by atoms with Crippen molar-refractivity contribution in [2.24, 2.45) is 0 Å². The number of hydrogen-bond donors (Lipinski definition) is 1. The van der Waals surface area contributed by atoms with Crippen LogP contribution in [0.3, 0.4) is 0 Å². The molecule has 0 atom stereocenters. The van der Waals surface area contributed by atoms with Crippen LogP contribution in [0.25, 0.3) is 22.4 Å². The van der Waals surface area contributed by atoms with E-state index in [0.717, 1.165) is 22.4 Å². The van der Waals surface area contributed by atoms with Crippen molar-refractivity contribution in [1.82, 2.24) is 25.0 Å². The van der Waals surface area contributed by atoms with Crippen LogP contribution in [0, 0.1) is 0 Å². The number of fused-ring (bicyclic) bond motifs is 1. The molecule has 0 fully saturated rings. The Morgan fingerprint density at radius 1 is 1.12 bits per heavy atom. The number of hydrogen-bond acceptors (Lipinski definition) is 6. The molecule has 118 valence electrons. The van der Waals surface area contributed by atoms with Gasteiger partial charge in [-0.1, -0.05) is 23.4 Å². The van der Waals surface area contributed by atoms with Crippen LogP contribution in [0.2, 0.25) is 0 Å². The number of nitrogens with one attached hydrogen (secondary N) is 1. The molecule has 4 rings (SSSR count). The quantitative estimate of drug-likeness (QED) is 0.619. The number of anilines is 1. The van der Waals surface area contributed by atoms with Gasteiger partial charge in [0.2, 0.25) is 5.91 Å². The van der Waals surface area contributed by atoms with Crippen LogP contribution < -0.4 is 5.32 Å². The number of nitrogens with zero attached hydrogens (tertiary/aromatic N) is 5. The lowest BCUT2D eigenvalue weighted by molar-refractivity contribution is -0.116. The smallest absolute Gasteiger partial charge is 0.247 e. The lowest BCUT2D eigenvalue weighted by Gasteiger charge is -2.02. The van der Waals surface area contributed by atoms with E-state index in [0.29, 0.717) is 5.13 Å². The maximum absolute atomic E-state index is 12.2. The standard InChI is InChI=1S/C16H12N6OS/c23-15(9-22-14-7-2-1-6-12(14)20-21-22)19-16-18-13(10-24-16)11-5-3-4-8-17-11/h1-8,10H,9H2,(H,18,19,23). The summed E-state index contributed by atoms with van der Waals surface area (Å²) in [6.07, 6.45) is 1.71. The number of rotatable bonds is 4. The summed E-state index contributed by atoms with van der Waals surface area (Å²) in [6.45, 7) is 0.0824. The molecule has 0 aliphatic carbocycles. The third-order valence-corrected chi connectivity index (χ3v) is 4.15. The second kappa shape index (κ2) is 6.17. The molecular weight excluding hydrogens is 324 g/mol. The van der Waals surface area contributed by atoms with Gasteiger partial charge in [0.25, 0.3) is 0 Å². The Hall–Kier alpha value is -3.13. The number of para-hydroxylation sites is 1. The van der Waals surface area contributed by atoms with Crippen molar-refractivity contribution in [2.45, 2.75) is 6.54 Å². The Morgan fingerprint density at radius 3 is 2.88 bits per heavy atom. The Labute approximate surface area is 141 Å². The maximum atomic E-state index is 12.2. The normalized spacial score (nSPS) is 10.8. The Morgan fingerprint density at radius 2 is 2.00 bits per heavy atom. The van der Waals surface area contributed by atoms with Gasteiger partial charge in [0.05, 0.1) is 11.2 Å². The van der Waals surface area contributed by atoms with Crippen molar-refractivity contribution >= 4 is 33.4 Å². The van der Waals surface area contributed by atoms with Crippen LogP contribution in [-0.2, 0) is 11.3 Å². The summed E-state index contributed by atoms with van der Waals surface area (Å²) < 4.78 is 1.57. The summed E-state index contributed by atoms with van der Waals surface area (Å²) in [5, 5.41) is 13.2. The van der Waals surface area contributed by atoms with Crippen molar-refractivity contribution in [3.05, 3.63) is 54.0 Å². The Bertz CT molecular complexity index is 994. The van der Waals surface area contributed by atoms with Gasteiger partial charge in [-0.15, -0.1) is 16.4 Å². The Balaban J connectivity index is 1.48. The van der Waals surface area contributed by atoms with Crippen molar-refractivity contribution in [2.75, 3.05) is 5.32 Å². The average Bonchev–Trinajstić information content (AvgIpc) is 3.23. The van der Waals surface area contributed by atoms with Gasteiger partial charge in [0, 0.05) is 11.6 Å². The predicted molar refractivity (Wildman–Crippen MR) is 91.5 cm³/mol. The molecule has 0 bridgehead atoms. The van der Waals surface area contributed by atoms with Crippen LogP contribution in [0.1, 0.15) is 0 Å². The van der Waals surface area contributed by atoms with E-state index in [1.807, 2.05) is 47.8 Å². The highest BCUT2D eigenvalue weighted by Gasteiger charge is 2.11. The monoisotopic (exact) mass is 336 g/mol. The van der Waals surface area contributed by atoms with Gasteiger partial charge >= 0.3 is 0 Å². The summed E-state index contributed by atoms with van der Waals surface area (Å²) in [7, 11) is 0. The van der Waals surface area contributed by atoms with Gasteiger partial charge in [0.1, 0.15) is 17.8 Å². The average molecular weight is 336 g/mol. The molecule has 1 N–H and O–H groups in total. The zero-order valence-electron chi connectivity index (χ0n) is 12.5. The van der Waals surface area contributed by atoms with Gasteiger partial charge in [0.15, 0.2) is 5.13 Å². The fraction of sp³-hybridized carbons (Fsp3) is 0.0625. The molecule has 24 heavy (non-hydrogen) atoms. The SMILES string of the molecule is O=C(Cn1nnc2ccccc21)Nc1nc(-c2ccccn2)cs1. The van der Waals surface area contributed by atoms with Crippen LogP contribution in [0.15, 0.2) is 54.0 Å². The largest absolute Gasteiger partial charge is 0.300 e. The molecule has 4 aromatic rings. The zero-order chi connectivity index (χ0) is 16.4. The lowest BCUT2D eigenvalue weighted by Crippen LogP contribution is -2.19. The van der Waals surface area contributed by atoms with Gasteiger partial charge < -0.3 is 5.32 Å². The van der Waals surface area contributed by atoms with Gasteiger partial charge in [-0.05, 0) is 24.3 Å². The first-order valence-electron chi connectivity index (χ1n) is 7.24. The highest BCUT2D eigenvalue weighted by molar-refractivity contribution is 7.14. The molecule has 8 heteroatoms. The summed E-state index contributed by atoms with van der Waals surface area (Å²) in [4.78, 5) is 20.9. The van der Waals surface area contributed by atoms with Crippen molar-refractivity contribution in [3.8, 4) is 11.4 Å². The van der Waals surface area contributed by atoms with E-state index < -0.39 is 0 Å². The summed E-state index contributed by atoms with van der Waals surface area (Å²) in [5.41, 5.74) is 3.09. The van der Waals surface area contributed by atoms with Crippen molar-refractivity contribution < 1.29 is 4.79 Å². The first-order chi connectivity index (χ1) is 11.8. The molecule has 0 aliphatic heterocycles. The minimum absolute atomic E-state index is 0.0824. The van der Waals surface area contributed by atoms with Gasteiger partial charge in [-0.3, -0.25) is 9.78 Å². The molecule has 0 saturated heterocycles. The van der Waals surface area contributed by atoms with Crippen LogP contribution in [0.4, 0.5) is 5.13 Å². The van der Waals surface area contributed by atoms with E-state index in [4.69, 9.17) is 0 Å². The molecule has 3 aromatic heterocycles. The van der Waals surface area contributed by atoms with Crippen LogP contribution in [0.5, 0.6) is 0 Å². The molecule has 1 aromatic carbocycles.